The van der Waals surface area contributed by atoms with Crippen LogP contribution in [0.5, 0.6) is 0 Å². The molecule has 0 fully saturated rings. The number of carbonyl (C=O) groups excluding carboxylic acids is 2. The van der Waals surface area contributed by atoms with Crippen LogP contribution in [0.3, 0.4) is 0 Å². The average molecular weight is 495 g/mol. The lowest BCUT2D eigenvalue weighted by molar-refractivity contribution is -0.145. The van der Waals surface area contributed by atoms with Crippen LogP contribution in [0.25, 0.3) is 0 Å². The molecule has 0 amide bonds. The first kappa shape index (κ1) is 29.8. The van der Waals surface area contributed by atoms with Gasteiger partial charge in [0.15, 0.2) is 23.3 Å². The van der Waals surface area contributed by atoms with Crippen molar-refractivity contribution >= 4 is 11.9 Å². The van der Waals surface area contributed by atoms with Crippen molar-refractivity contribution in [2.45, 2.75) is 103 Å². The van der Waals surface area contributed by atoms with Crippen LogP contribution in [0.1, 0.15) is 102 Å². The van der Waals surface area contributed by atoms with E-state index >= 15 is 0 Å². The fraction of sp³-hybridized carbons (Fsp3) is 0.680. The highest BCUT2D eigenvalue weighted by Crippen LogP contribution is 2.23. The Balaban J connectivity index is 2.07. The summed E-state index contributed by atoms with van der Waals surface area (Å²) >= 11 is 0. The molecule has 0 saturated heterocycles. The molecule has 0 heterocycles. The van der Waals surface area contributed by atoms with Crippen molar-refractivity contribution in [3.8, 4) is 0 Å². The number of halogens is 5. The molecule has 0 bridgehead atoms. The predicted octanol–water partition coefficient (Wildman–Crippen LogP) is 7.45. The topological polar surface area (TPSA) is 52.6 Å². The standard InChI is InChI=1S/C25H35F5O4/c1-2-3-4-5-6-7-8-9-13-16-33-19(31)14-11-10-12-15-20(32)34-17-18-21(26)23(28)25(30)24(29)22(18)27/h2-17H2,1H3. The largest absolute Gasteiger partial charge is 0.466 e. The maximum absolute atomic E-state index is 13.5. The Hall–Kier alpha value is -2.19. The molecule has 0 aliphatic rings. The van der Waals surface area contributed by atoms with E-state index in [0.717, 1.165) is 19.3 Å². The molecule has 0 atom stereocenters. The summed E-state index contributed by atoms with van der Waals surface area (Å²) in [5.41, 5.74) is -1.19. The third-order valence-corrected chi connectivity index (χ3v) is 5.45. The van der Waals surface area contributed by atoms with Gasteiger partial charge in [-0.2, -0.15) is 0 Å². The van der Waals surface area contributed by atoms with Crippen molar-refractivity contribution in [2.75, 3.05) is 6.61 Å². The Morgan fingerprint density at radius 3 is 1.50 bits per heavy atom. The molecule has 1 aromatic carbocycles. The third kappa shape index (κ3) is 11.3. The van der Waals surface area contributed by atoms with Gasteiger partial charge in [0.2, 0.25) is 5.82 Å². The Morgan fingerprint density at radius 2 is 0.971 bits per heavy atom. The maximum atomic E-state index is 13.5. The smallest absolute Gasteiger partial charge is 0.306 e. The highest BCUT2D eigenvalue weighted by molar-refractivity contribution is 5.70. The molecule has 0 unspecified atom stereocenters. The van der Waals surface area contributed by atoms with Crippen molar-refractivity contribution in [3.05, 3.63) is 34.6 Å². The van der Waals surface area contributed by atoms with E-state index in [4.69, 9.17) is 4.74 Å². The van der Waals surface area contributed by atoms with Crippen LogP contribution in [0.4, 0.5) is 22.0 Å². The van der Waals surface area contributed by atoms with Gasteiger partial charge in [0.05, 0.1) is 12.2 Å². The van der Waals surface area contributed by atoms with Gasteiger partial charge >= 0.3 is 11.9 Å². The van der Waals surface area contributed by atoms with Crippen molar-refractivity contribution in [1.29, 1.82) is 0 Å². The Bertz CT molecular complexity index is 741. The zero-order valence-corrected chi connectivity index (χ0v) is 19.8. The number of hydrogen-bond acceptors (Lipinski definition) is 4. The van der Waals surface area contributed by atoms with E-state index in [-0.39, 0.29) is 18.8 Å². The number of esters is 2. The molecule has 1 aromatic rings. The lowest BCUT2D eigenvalue weighted by atomic mass is 10.1. The molecule has 1 rings (SSSR count). The molecule has 4 nitrogen and oxygen atoms in total. The lowest BCUT2D eigenvalue weighted by Gasteiger charge is -2.09. The molecule has 194 valence electrons. The summed E-state index contributed by atoms with van der Waals surface area (Å²) < 4.78 is 76.2. The van der Waals surface area contributed by atoms with Crippen molar-refractivity contribution in [2.24, 2.45) is 0 Å². The minimum absolute atomic E-state index is 0.108. The van der Waals surface area contributed by atoms with Crippen LogP contribution in [-0.4, -0.2) is 18.5 Å². The highest BCUT2D eigenvalue weighted by atomic mass is 19.2. The van der Waals surface area contributed by atoms with Crippen molar-refractivity contribution in [3.63, 3.8) is 0 Å². The molecular formula is C25H35F5O4. The fourth-order valence-electron chi connectivity index (χ4n) is 3.39. The molecule has 0 aliphatic heterocycles. The highest BCUT2D eigenvalue weighted by Gasteiger charge is 2.26. The van der Waals surface area contributed by atoms with Crippen LogP contribution in [-0.2, 0) is 25.7 Å². The summed E-state index contributed by atoms with van der Waals surface area (Å²) in [7, 11) is 0. The van der Waals surface area contributed by atoms with Gasteiger partial charge in [0.25, 0.3) is 0 Å². The summed E-state index contributed by atoms with van der Waals surface area (Å²) in [6.07, 6.45) is 12.1. The first-order valence-corrected chi connectivity index (χ1v) is 12.1. The van der Waals surface area contributed by atoms with Crippen LogP contribution in [0, 0.1) is 29.1 Å². The van der Waals surface area contributed by atoms with E-state index in [9.17, 15) is 31.5 Å². The molecule has 9 heteroatoms. The number of hydrogen-bond donors (Lipinski definition) is 0. The quantitative estimate of drug-likeness (QED) is 0.0699. The van der Waals surface area contributed by atoms with Crippen LogP contribution < -0.4 is 0 Å². The first-order chi connectivity index (χ1) is 16.3. The summed E-state index contributed by atoms with van der Waals surface area (Å²) in [6, 6.07) is 0. The van der Waals surface area contributed by atoms with E-state index < -0.39 is 47.2 Å². The molecule has 0 saturated carbocycles. The SMILES string of the molecule is CCCCCCCCCCCOC(=O)CCCCCC(=O)OCc1c(F)c(F)c(F)c(F)c1F. The molecule has 34 heavy (non-hydrogen) atoms. The molecule has 0 aromatic heterocycles. The van der Waals surface area contributed by atoms with Gasteiger partial charge in [-0.3, -0.25) is 9.59 Å². The first-order valence-electron chi connectivity index (χ1n) is 12.1. The van der Waals surface area contributed by atoms with E-state index in [1.807, 2.05) is 0 Å². The van der Waals surface area contributed by atoms with Gasteiger partial charge in [-0.1, -0.05) is 64.7 Å². The Kier molecular flexibility index (Phi) is 15.2. The number of ether oxygens (including phenoxy) is 2. The van der Waals surface area contributed by atoms with Gasteiger partial charge in [0.1, 0.15) is 6.61 Å². The van der Waals surface area contributed by atoms with Gasteiger partial charge in [-0.25, -0.2) is 22.0 Å². The molecule has 0 N–H and O–H groups in total. The molecular weight excluding hydrogens is 459 g/mol. The van der Waals surface area contributed by atoms with E-state index in [0.29, 0.717) is 25.9 Å². The molecule has 0 aliphatic carbocycles. The minimum Gasteiger partial charge on any atom is -0.466 e. The van der Waals surface area contributed by atoms with Gasteiger partial charge in [0, 0.05) is 12.8 Å². The minimum atomic E-state index is -2.27. The average Bonchev–Trinajstić information content (AvgIpc) is 2.82. The molecule has 0 spiro atoms. The lowest BCUT2D eigenvalue weighted by Crippen LogP contribution is -2.11. The van der Waals surface area contributed by atoms with Crippen LogP contribution >= 0.6 is 0 Å². The predicted molar refractivity (Wildman–Crippen MR) is 117 cm³/mol. The van der Waals surface area contributed by atoms with Gasteiger partial charge in [-0.05, 0) is 19.3 Å². The van der Waals surface area contributed by atoms with Gasteiger partial charge < -0.3 is 9.47 Å². The Morgan fingerprint density at radius 1 is 0.559 bits per heavy atom. The van der Waals surface area contributed by atoms with Crippen LogP contribution in [0.15, 0.2) is 0 Å². The van der Waals surface area contributed by atoms with Crippen molar-refractivity contribution < 1.29 is 41.0 Å². The summed E-state index contributed by atoms with van der Waals surface area (Å²) in [4.78, 5) is 23.4. The zero-order chi connectivity index (χ0) is 25.3. The summed E-state index contributed by atoms with van der Waals surface area (Å²) in [5, 5.41) is 0. The summed E-state index contributed by atoms with van der Waals surface area (Å²) in [5.74, 6) is -11.6. The molecule has 0 radical (unpaired) electrons. The second-order valence-corrected chi connectivity index (χ2v) is 8.32. The van der Waals surface area contributed by atoms with Crippen molar-refractivity contribution in [1.82, 2.24) is 0 Å². The Labute approximate surface area is 198 Å². The second-order valence-electron chi connectivity index (χ2n) is 8.32. The van der Waals surface area contributed by atoms with E-state index in [1.54, 1.807) is 0 Å². The third-order valence-electron chi connectivity index (χ3n) is 5.45. The van der Waals surface area contributed by atoms with E-state index in [2.05, 4.69) is 11.7 Å². The fourth-order valence-corrected chi connectivity index (χ4v) is 3.39. The monoisotopic (exact) mass is 494 g/mol. The zero-order valence-electron chi connectivity index (χ0n) is 19.8. The van der Waals surface area contributed by atoms with Crippen LogP contribution in [0.2, 0.25) is 0 Å². The number of carbonyl (C=O) groups is 2. The number of unbranched alkanes of at least 4 members (excludes halogenated alkanes) is 10. The normalized spacial score (nSPS) is 11.0. The van der Waals surface area contributed by atoms with E-state index in [1.165, 1.54) is 38.5 Å². The summed E-state index contributed by atoms with van der Waals surface area (Å²) in [6.45, 7) is 1.54. The maximum Gasteiger partial charge on any atom is 0.306 e. The van der Waals surface area contributed by atoms with Gasteiger partial charge in [-0.15, -0.1) is 0 Å². The number of benzene rings is 1. The second kappa shape index (κ2) is 17.3. The number of rotatable bonds is 18.